The van der Waals surface area contributed by atoms with Crippen LogP contribution in [0.15, 0.2) is 24.3 Å². The normalized spacial score (nSPS) is 26.0. The molecular weight excluding hydrogens is 671 g/mol. The minimum atomic E-state index is -4.04. The molecule has 2 aliphatic carbocycles. The molecule has 274 valence electrons. The van der Waals surface area contributed by atoms with E-state index in [1.165, 1.54) is 12.5 Å². The quantitative estimate of drug-likeness (QED) is 0.246. The van der Waals surface area contributed by atoms with Crippen LogP contribution in [0.3, 0.4) is 0 Å². The number of aromatic amines is 1. The maximum Gasteiger partial charge on any atom is 0.404 e. The molecule has 4 fully saturated rings. The van der Waals surface area contributed by atoms with Crippen molar-refractivity contribution in [2.45, 2.75) is 76.3 Å². The summed E-state index contributed by atoms with van der Waals surface area (Å²) >= 11 is 0. The number of hydrogen-bond donors (Lipinski definition) is 5. The van der Waals surface area contributed by atoms with Crippen LogP contribution in [0.1, 0.15) is 74.7 Å². The Hall–Kier alpha value is -3.76. The van der Waals surface area contributed by atoms with E-state index in [9.17, 15) is 32.0 Å². The Kier molecular flexibility index (Phi) is 11.3. The Labute approximate surface area is 291 Å². The van der Waals surface area contributed by atoms with Gasteiger partial charge in [0.25, 0.3) is 5.91 Å². The summed E-state index contributed by atoms with van der Waals surface area (Å²) in [6, 6.07) is 5.20. The summed E-state index contributed by atoms with van der Waals surface area (Å²) in [5.74, 6) is -1.29. The van der Waals surface area contributed by atoms with Gasteiger partial charge in [0, 0.05) is 42.1 Å². The summed E-state index contributed by atoms with van der Waals surface area (Å²) in [5, 5.41) is 15.0. The van der Waals surface area contributed by atoms with E-state index in [-0.39, 0.29) is 61.6 Å². The molecule has 0 unspecified atom stereocenters. The monoisotopic (exact) mass is 718 g/mol. The minimum absolute atomic E-state index is 0.0194. The lowest BCUT2D eigenvalue weighted by Gasteiger charge is -2.37. The van der Waals surface area contributed by atoms with E-state index in [1.807, 2.05) is 0 Å². The fraction of sp³-hybridized carbons (Fsp3) is 0.647. The van der Waals surface area contributed by atoms with Crippen molar-refractivity contribution >= 4 is 50.6 Å². The van der Waals surface area contributed by atoms with E-state index in [1.54, 1.807) is 23.1 Å². The van der Waals surface area contributed by atoms with Crippen LogP contribution < -0.4 is 15.4 Å². The molecule has 1 aromatic carbocycles. The SMILES string of the molecule is O=C(O)N[C@H](CF)[C@H]1CC[C@H](C(=O)N2CC[C@@H](C3CCCCC3)[C@H]2C(=O)Nc2ccc3[nH]c(C(=O)NS(=O)(=O)N4CCOCC4)cc3c2)CC1. The predicted octanol–water partition coefficient (Wildman–Crippen LogP) is 3.62. The second-order valence-electron chi connectivity index (χ2n) is 14.1. The van der Waals surface area contributed by atoms with E-state index < -0.39 is 41.0 Å². The number of carboxylic acid groups (broad SMARTS) is 1. The number of nitrogens with one attached hydrogen (secondary N) is 4. The zero-order valence-corrected chi connectivity index (χ0v) is 28.9. The molecule has 4 aliphatic rings. The second kappa shape index (κ2) is 15.6. The number of rotatable bonds is 10. The standard InChI is InChI=1S/C34H47FN6O8S/c35-20-29(38-34(45)46)22-6-8-23(9-7-22)33(44)41-13-12-26(21-4-2-1-3-5-21)30(41)32(43)36-25-10-11-27-24(18-25)19-28(37-27)31(42)39-50(47,48)40-14-16-49-17-15-40/h10-11,18-19,21-23,26,29-30,37-38H,1-9,12-17,20H2,(H,36,43)(H,39,42)(H,45,46)/t22-,23-,26-,29+,30-/m0/s1. The third-order valence-electron chi connectivity index (χ3n) is 11.1. The molecule has 3 heterocycles. The Morgan fingerprint density at radius 3 is 2.36 bits per heavy atom. The maximum absolute atomic E-state index is 14.1. The molecule has 5 N–H and O–H groups in total. The van der Waals surface area contributed by atoms with Crippen LogP contribution in [0.4, 0.5) is 14.9 Å². The van der Waals surface area contributed by atoms with Gasteiger partial charge >= 0.3 is 16.3 Å². The number of hydrogen-bond acceptors (Lipinski definition) is 7. The number of carbonyl (C=O) groups excluding carboxylic acids is 3. The van der Waals surface area contributed by atoms with Crippen molar-refractivity contribution in [1.29, 1.82) is 0 Å². The molecule has 2 aliphatic heterocycles. The Balaban J connectivity index is 1.15. The van der Waals surface area contributed by atoms with Crippen LogP contribution in [0, 0.1) is 23.7 Å². The van der Waals surface area contributed by atoms with Gasteiger partial charge in [0.1, 0.15) is 18.4 Å². The van der Waals surface area contributed by atoms with Crippen molar-refractivity contribution in [3.05, 3.63) is 30.0 Å². The van der Waals surface area contributed by atoms with Crippen molar-refractivity contribution in [1.82, 2.24) is 24.2 Å². The molecule has 4 amide bonds. The van der Waals surface area contributed by atoms with Crippen LogP contribution in [-0.2, 0) is 24.5 Å². The maximum atomic E-state index is 14.1. The highest BCUT2D eigenvalue weighted by Gasteiger charge is 2.47. The van der Waals surface area contributed by atoms with E-state index in [0.29, 0.717) is 54.7 Å². The second-order valence-corrected chi connectivity index (χ2v) is 15.7. The van der Waals surface area contributed by atoms with Gasteiger partial charge in [0.15, 0.2) is 0 Å². The number of benzene rings is 1. The van der Waals surface area contributed by atoms with Gasteiger partial charge in [-0.3, -0.25) is 14.4 Å². The third kappa shape index (κ3) is 8.07. The van der Waals surface area contributed by atoms with Crippen LogP contribution in [-0.4, -0.2) is 103 Å². The zero-order chi connectivity index (χ0) is 35.4. The van der Waals surface area contributed by atoms with Crippen molar-refractivity contribution in [3.8, 4) is 0 Å². The number of alkyl halides is 1. The van der Waals surface area contributed by atoms with Crippen molar-refractivity contribution in [2.24, 2.45) is 23.7 Å². The topological polar surface area (TPSA) is 190 Å². The molecule has 3 atom stereocenters. The lowest BCUT2D eigenvalue weighted by Crippen LogP contribution is -2.50. The highest BCUT2D eigenvalue weighted by molar-refractivity contribution is 7.87. The smallest absolute Gasteiger partial charge is 0.404 e. The molecule has 1 aromatic heterocycles. The number of amides is 4. The number of nitrogens with zero attached hydrogens (tertiary/aromatic N) is 2. The molecule has 16 heteroatoms. The first kappa shape index (κ1) is 36.0. The van der Waals surface area contributed by atoms with Gasteiger partial charge < -0.3 is 30.4 Å². The average Bonchev–Trinajstić information content (AvgIpc) is 3.76. The van der Waals surface area contributed by atoms with Gasteiger partial charge in [0.05, 0.1) is 19.3 Å². The molecule has 14 nitrogen and oxygen atoms in total. The van der Waals surface area contributed by atoms with Crippen LogP contribution in [0.5, 0.6) is 0 Å². The summed E-state index contributed by atoms with van der Waals surface area (Å²) in [6.07, 6.45) is 6.94. The fourth-order valence-corrected chi connectivity index (χ4v) is 9.58. The van der Waals surface area contributed by atoms with Crippen molar-refractivity contribution < 1.29 is 41.8 Å². The summed E-state index contributed by atoms with van der Waals surface area (Å²) < 4.78 is 47.5. The zero-order valence-electron chi connectivity index (χ0n) is 28.1. The number of halogens is 1. The average molecular weight is 719 g/mol. The van der Waals surface area contributed by atoms with Crippen molar-refractivity contribution in [3.63, 3.8) is 0 Å². The summed E-state index contributed by atoms with van der Waals surface area (Å²) in [6.45, 7) is 0.487. The van der Waals surface area contributed by atoms with E-state index in [2.05, 4.69) is 20.3 Å². The number of morpholine rings is 1. The minimum Gasteiger partial charge on any atom is -0.465 e. The van der Waals surface area contributed by atoms with Gasteiger partial charge in [-0.25, -0.2) is 13.9 Å². The first-order chi connectivity index (χ1) is 24.0. The fourth-order valence-electron chi connectivity index (χ4n) is 8.47. The molecule has 0 bridgehead atoms. The summed E-state index contributed by atoms with van der Waals surface area (Å²) in [7, 11) is -4.04. The lowest BCUT2D eigenvalue weighted by molar-refractivity contribution is -0.142. The molecular formula is C34H47FN6O8S. The third-order valence-corrected chi connectivity index (χ3v) is 12.6. The Morgan fingerprint density at radius 1 is 0.960 bits per heavy atom. The van der Waals surface area contributed by atoms with Gasteiger partial charge in [-0.2, -0.15) is 12.7 Å². The summed E-state index contributed by atoms with van der Waals surface area (Å²) in [5.41, 5.74) is 1.12. The Morgan fingerprint density at radius 2 is 1.68 bits per heavy atom. The van der Waals surface area contributed by atoms with Crippen LogP contribution in [0.2, 0.25) is 0 Å². The Bertz CT molecular complexity index is 1670. The number of aromatic nitrogens is 1. The highest BCUT2D eigenvalue weighted by atomic mass is 32.2. The molecule has 6 rings (SSSR count). The lowest BCUT2D eigenvalue weighted by atomic mass is 9.76. The molecule has 2 aromatic rings. The van der Waals surface area contributed by atoms with Crippen LogP contribution >= 0.6 is 0 Å². The first-order valence-electron chi connectivity index (χ1n) is 17.7. The number of carbonyl (C=O) groups is 4. The van der Waals surface area contributed by atoms with Gasteiger partial charge in [-0.15, -0.1) is 0 Å². The predicted molar refractivity (Wildman–Crippen MR) is 182 cm³/mol. The van der Waals surface area contributed by atoms with Crippen molar-refractivity contribution in [2.75, 3.05) is 44.8 Å². The van der Waals surface area contributed by atoms with E-state index in [0.717, 1.165) is 36.4 Å². The molecule has 0 spiro atoms. The van der Waals surface area contributed by atoms with E-state index >= 15 is 0 Å². The molecule has 2 saturated carbocycles. The number of fused-ring (bicyclic) bond motifs is 1. The first-order valence-corrected chi connectivity index (χ1v) is 19.2. The summed E-state index contributed by atoms with van der Waals surface area (Å²) in [4.78, 5) is 56.9. The molecule has 50 heavy (non-hydrogen) atoms. The largest absolute Gasteiger partial charge is 0.465 e. The van der Waals surface area contributed by atoms with Gasteiger partial charge in [0.2, 0.25) is 11.8 Å². The highest BCUT2D eigenvalue weighted by Crippen LogP contribution is 2.41. The number of likely N-dealkylation sites (tertiary alicyclic amines) is 1. The van der Waals surface area contributed by atoms with Gasteiger partial charge in [-0.05, 0) is 74.1 Å². The van der Waals surface area contributed by atoms with Crippen LogP contribution in [0.25, 0.3) is 10.9 Å². The number of ether oxygens (including phenoxy) is 1. The number of H-pyrrole nitrogens is 1. The van der Waals surface area contributed by atoms with Gasteiger partial charge in [-0.1, -0.05) is 32.1 Å². The molecule has 2 saturated heterocycles. The molecule has 0 radical (unpaired) electrons. The number of anilines is 1. The van der Waals surface area contributed by atoms with E-state index in [4.69, 9.17) is 9.84 Å².